The average Bonchev–Trinajstić information content (AvgIpc) is 2.35. The number of para-hydroxylation sites is 1. The van der Waals surface area contributed by atoms with E-state index in [1.807, 2.05) is 30.3 Å². The Morgan fingerprint density at radius 1 is 1.06 bits per heavy atom. The topological polar surface area (TPSA) is 44.3 Å². The summed E-state index contributed by atoms with van der Waals surface area (Å²) in [5.41, 5.74) is 7.91. The van der Waals surface area contributed by atoms with Crippen LogP contribution in [0, 0.1) is 0 Å². The molecule has 0 amide bonds. The first-order valence-corrected chi connectivity index (χ1v) is 5.65. The van der Waals surface area contributed by atoms with Gasteiger partial charge >= 0.3 is 0 Å². The van der Waals surface area contributed by atoms with Gasteiger partial charge in [0.1, 0.15) is 5.75 Å². The summed E-state index contributed by atoms with van der Waals surface area (Å²) in [4.78, 5) is 0. The van der Waals surface area contributed by atoms with E-state index in [1.165, 1.54) is 0 Å². The number of nitrogens with one attached hydrogen (secondary N) is 2. The van der Waals surface area contributed by atoms with Gasteiger partial charge in [0, 0.05) is 17.3 Å². The Labute approximate surface area is 105 Å². The zero-order valence-electron chi connectivity index (χ0n) is 9.15. The lowest BCUT2D eigenvalue weighted by Crippen LogP contribution is -2.20. The highest BCUT2D eigenvalue weighted by atomic mass is 35.5. The van der Waals surface area contributed by atoms with E-state index in [0.29, 0.717) is 11.6 Å². The fourth-order valence-electron chi connectivity index (χ4n) is 1.46. The summed E-state index contributed by atoms with van der Waals surface area (Å²) in [6.45, 7) is 0.530. The lowest BCUT2D eigenvalue weighted by molar-refractivity contribution is 0.474. The normalized spacial score (nSPS) is 10.2. The van der Waals surface area contributed by atoms with Crippen molar-refractivity contribution in [3.63, 3.8) is 0 Å². The minimum absolute atomic E-state index is 0.214. The van der Waals surface area contributed by atoms with Crippen LogP contribution in [0.25, 0.3) is 0 Å². The third kappa shape index (κ3) is 3.37. The first-order chi connectivity index (χ1) is 8.25. The second kappa shape index (κ2) is 5.57. The quantitative estimate of drug-likeness (QED) is 0.729. The number of rotatable bonds is 4. The van der Waals surface area contributed by atoms with E-state index in [0.717, 1.165) is 11.3 Å². The number of benzene rings is 2. The van der Waals surface area contributed by atoms with Crippen LogP contribution in [0.2, 0.25) is 5.02 Å². The maximum atomic E-state index is 9.35. The number of aromatic hydroxyl groups is 1. The van der Waals surface area contributed by atoms with E-state index in [9.17, 15) is 5.11 Å². The van der Waals surface area contributed by atoms with E-state index in [-0.39, 0.29) is 5.75 Å². The predicted molar refractivity (Wildman–Crippen MR) is 70.0 cm³/mol. The van der Waals surface area contributed by atoms with Crippen molar-refractivity contribution in [1.29, 1.82) is 0 Å². The third-order valence-electron chi connectivity index (χ3n) is 2.31. The van der Waals surface area contributed by atoms with Crippen molar-refractivity contribution in [3.05, 3.63) is 59.1 Å². The molecule has 3 N–H and O–H groups in total. The van der Waals surface area contributed by atoms with E-state index in [2.05, 4.69) is 10.9 Å². The van der Waals surface area contributed by atoms with Crippen LogP contribution in [0.15, 0.2) is 48.5 Å². The van der Waals surface area contributed by atoms with Crippen LogP contribution in [0.1, 0.15) is 5.56 Å². The van der Waals surface area contributed by atoms with Gasteiger partial charge in [-0.3, -0.25) is 0 Å². The van der Waals surface area contributed by atoms with Crippen molar-refractivity contribution in [2.75, 3.05) is 5.43 Å². The van der Waals surface area contributed by atoms with Gasteiger partial charge in [-0.15, -0.1) is 0 Å². The molecule has 0 saturated heterocycles. The molecule has 0 aliphatic rings. The van der Waals surface area contributed by atoms with Crippen LogP contribution in [-0.4, -0.2) is 5.11 Å². The van der Waals surface area contributed by atoms with Crippen LogP contribution in [0.3, 0.4) is 0 Å². The number of hydrogen-bond donors (Lipinski definition) is 3. The monoisotopic (exact) mass is 248 g/mol. The summed E-state index contributed by atoms with van der Waals surface area (Å²) in [5.74, 6) is 0.214. The van der Waals surface area contributed by atoms with Crippen molar-refractivity contribution in [2.24, 2.45) is 0 Å². The fraction of sp³-hybridized carbons (Fsp3) is 0.0769. The number of halogens is 1. The molecule has 4 heteroatoms. The van der Waals surface area contributed by atoms with Gasteiger partial charge in [-0.1, -0.05) is 29.8 Å². The molecule has 17 heavy (non-hydrogen) atoms. The summed E-state index contributed by atoms with van der Waals surface area (Å²) in [5, 5.41) is 9.98. The first-order valence-electron chi connectivity index (χ1n) is 5.27. The summed E-state index contributed by atoms with van der Waals surface area (Å²) < 4.78 is 0. The number of phenolic OH excluding ortho intramolecular Hbond substituents is 1. The minimum Gasteiger partial charge on any atom is -0.508 e. The second-order valence-electron chi connectivity index (χ2n) is 3.62. The summed E-state index contributed by atoms with van der Waals surface area (Å²) in [7, 11) is 0. The molecule has 88 valence electrons. The Kier molecular flexibility index (Phi) is 3.85. The summed E-state index contributed by atoms with van der Waals surface area (Å²) >= 11 is 6.00. The van der Waals surface area contributed by atoms with Crippen molar-refractivity contribution in [2.45, 2.75) is 6.54 Å². The van der Waals surface area contributed by atoms with Gasteiger partial charge in [-0.2, -0.15) is 0 Å². The van der Waals surface area contributed by atoms with Gasteiger partial charge < -0.3 is 10.5 Å². The van der Waals surface area contributed by atoms with E-state index in [1.54, 1.807) is 18.2 Å². The van der Waals surface area contributed by atoms with Crippen LogP contribution in [0.4, 0.5) is 5.69 Å². The highest BCUT2D eigenvalue weighted by molar-refractivity contribution is 6.31. The van der Waals surface area contributed by atoms with Gasteiger partial charge in [0.05, 0.1) is 0 Å². The third-order valence-corrected chi connectivity index (χ3v) is 2.68. The molecule has 0 bridgehead atoms. The molecule has 0 aliphatic carbocycles. The van der Waals surface area contributed by atoms with Crippen molar-refractivity contribution in [1.82, 2.24) is 5.43 Å². The molecule has 0 spiro atoms. The van der Waals surface area contributed by atoms with Crippen molar-refractivity contribution in [3.8, 4) is 5.75 Å². The molecule has 0 heterocycles. The number of phenols is 1. The van der Waals surface area contributed by atoms with Crippen LogP contribution in [-0.2, 0) is 6.54 Å². The van der Waals surface area contributed by atoms with Crippen molar-refractivity contribution < 1.29 is 5.11 Å². The minimum atomic E-state index is 0.214. The van der Waals surface area contributed by atoms with Gasteiger partial charge in [-0.25, -0.2) is 5.43 Å². The molecule has 2 aromatic rings. The zero-order valence-corrected chi connectivity index (χ0v) is 9.91. The Balaban J connectivity index is 1.92. The SMILES string of the molecule is Oc1ccc(Cl)c(CNNc2ccccc2)c1. The van der Waals surface area contributed by atoms with E-state index < -0.39 is 0 Å². The van der Waals surface area contributed by atoms with Crippen LogP contribution in [0.5, 0.6) is 5.75 Å². The molecular formula is C13H13ClN2O. The van der Waals surface area contributed by atoms with Crippen LogP contribution < -0.4 is 10.9 Å². The summed E-state index contributed by atoms with van der Waals surface area (Å²) in [6, 6.07) is 14.6. The van der Waals surface area contributed by atoms with E-state index >= 15 is 0 Å². The summed E-state index contributed by atoms with van der Waals surface area (Å²) in [6.07, 6.45) is 0. The first kappa shape index (κ1) is 11.8. The molecular weight excluding hydrogens is 236 g/mol. The molecule has 0 radical (unpaired) electrons. The lowest BCUT2D eigenvalue weighted by atomic mass is 10.2. The molecule has 0 aromatic heterocycles. The Morgan fingerprint density at radius 3 is 2.59 bits per heavy atom. The van der Waals surface area contributed by atoms with Crippen molar-refractivity contribution >= 4 is 17.3 Å². The lowest BCUT2D eigenvalue weighted by Gasteiger charge is -2.09. The van der Waals surface area contributed by atoms with Gasteiger partial charge in [-0.05, 0) is 35.9 Å². The molecule has 0 unspecified atom stereocenters. The molecule has 0 fully saturated rings. The second-order valence-corrected chi connectivity index (χ2v) is 4.03. The van der Waals surface area contributed by atoms with Gasteiger partial charge in [0.25, 0.3) is 0 Å². The number of hydrogen-bond acceptors (Lipinski definition) is 3. The maximum absolute atomic E-state index is 9.35. The zero-order chi connectivity index (χ0) is 12.1. The highest BCUT2D eigenvalue weighted by Gasteiger charge is 2.00. The largest absolute Gasteiger partial charge is 0.508 e. The number of anilines is 1. The molecule has 3 nitrogen and oxygen atoms in total. The maximum Gasteiger partial charge on any atom is 0.116 e. The van der Waals surface area contributed by atoms with Gasteiger partial charge in [0.2, 0.25) is 0 Å². The van der Waals surface area contributed by atoms with E-state index in [4.69, 9.17) is 11.6 Å². The Bertz CT molecular complexity index is 488. The molecule has 0 aliphatic heterocycles. The number of hydrazine groups is 1. The van der Waals surface area contributed by atoms with Gasteiger partial charge in [0.15, 0.2) is 0 Å². The average molecular weight is 249 g/mol. The molecule has 0 saturated carbocycles. The highest BCUT2D eigenvalue weighted by Crippen LogP contribution is 2.20. The molecule has 0 atom stereocenters. The van der Waals surface area contributed by atoms with Crippen LogP contribution >= 0.6 is 11.6 Å². The standard InChI is InChI=1S/C13H13ClN2O/c14-13-7-6-12(17)8-10(13)9-15-16-11-4-2-1-3-5-11/h1-8,15-17H,9H2. The molecule has 2 rings (SSSR count). The Morgan fingerprint density at radius 2 is 1.82 bits per heavy atom. The smallest absolute Gasteiger partial charge is 0.116 e. The Hall–Kier alpha value is -1.71. The molecule has 2 aromatic carbocycles. The predicted octanol–water partition coefficient (Wildman–Crippen LogP) is 3.16. The fourth-order valence-corrected chi connectivity index (χ4v) is 1.64.